The fraction of sp³-hybridized carbons (Fsp3) is 0.400. The Morgan fingerprint density at radius 3 is 2.32 bits per heavy atom. The number of cyclic esters (lactones) is 1. The molecule has 1 fully saturated rings. The van der Waals surface area contributed by atoms with E-state index in [0.717, 1.165) is 0 Å². The fourth-order valence-electron chi connectivity index (χ4n) is 3.37. The molecule has 0 saturated carbocycles. The van der Waals surface area contributed by atoms with Gasteiger partial charge >= 0.3 is 17.2 Å². The second kappa shape index (κ2) is 10.7. The number of ether oxygens (including phenoxy) is 6. The number of thiocarbonyl (C=S) groups is 1. The molecule has 8 nitrogen and oxygen atoms in total. The van der Waals surface area contributed by atoms with E-state index in [9.17, 15) is 9.59 Å². The average molecular weight is 489 g/mol. The van der Waals surface area contributed by atoms with Gasteiger partial charge in [0.05, 0.1) is 25.6 Å². The molecule has 2 aromatic carbocycles. The zero-order valence-corrected chi connectivity index (χ0v) is 20.5. The lowest BCUT2D eigenvalue weighted by atomic mass is 9.93. The van der Waals surface area contributed by atoms with Crippen LogP contribution in [0.25, 0.3) is 0 Å². The summed E-state index contributed by atoms with van der Waals surface area (Å²) in [6.07, 6.45) is -1.91. The van der Waals surface area contributed by atoms with Gasteiger partial charge in [0.15, 0.2) is 11.5 Å². The van der Waals surface area contributed by atoms with Crippen molar-refractivity contribution < 1.29 is 38.0 Å². The second-order valence-corrected chi connectivity index (χ2v) is 9.02. The highest BCUT2D eigenvalue weighted by atomic mass is 32.1. The van der Waals surface area contributed by atoms with Gasteiger partial charge in [0, 0.05) is 12.2 Å². The minimum Gasteiger partial charge on any atom is -0.493 e. The predicted molar refractivity (Wildman–Crippen MR) is 127 cm³/mol. The molecule has 0 unspecified atom stereocenters. The molecule has 0 N–H and O–H groups in total. The van der Waals surface area contributed by atoms with Gasteiger partial charge in [-0.05, 0) is 50.6 Å². The molecule has 3 atom stereocenters. The third-order valence-corrected chi connectivity index (χ3v) is 5.36. The van der Waals surface area contributed by atoms with Gasteiger partial charge in [0.2, 0.25) is 6.10 Å². The van der Waals surface area contributed by atoms with Gasteiger partial charge in [-0.25, -0.2) is 4.79 Å². The van der Waals surface area contributed by atoms with Crippen molar-refractivity contribution in [2.45, 2.75) is 33.0 Å². The Bertz CT molecular complexity index is 1030. The molecular formula is C25H28O8S. The first kappa shape index (κ1) is 25.3. The van der Waals surface area contributed by atoms with E-state index in [-0.39, 0.29) is 11.8 Å². The number of esters is 2. The quantitative estimate of drug-likeness (QED) is 0.419. The summed E-state index contributed by atoms with van der Waals surface area (Å²) in [5, 5.41) is -0.242. The second-order valence-electron chi connectivity index (χ2n) is 8.69. The number of methoxy groups -OCH3 is 2. The van der Waals surface area contributed by atoms with Crippen LogP contribution >= 0.6 is 12.2 Å². The number of carbonyl (C=O) groups excluding carboxylic acids is 2. The van der Waals surface area contributed by atoms with Crippen LogP contribution in [0, 0.1) is 11.3 Å². The van der Waals surface area contributed by atoms with Crippen LogP contribution in [0.2, 0.25) is 0 Å². The summed E-state index contributed by atoms with van der Waals surface area (Å²) in [6, 6.07) is 14.0. The minimum atomic E-state index is -1.14. The van der Waals surface area contributed by atoms with Crippen molar-refractivity contribution in [3.8, 4) is 17.2 Å². The summed E-state index contributed by atoms with van der Waals surface area (Å²) >= 11 is 5.20. The van der Waals surface area contributed by atoms with Gasteiger partial charge in [-0.1, -0.05) is 24.3 Å². The van der Waals surface area contributed by atoms with Crippen LogP contribution in [0.5, 0.6) is 17.2 Å². The van der Waals surface area contributed by atoms with Gasteiger partial charge < -0.3 is 28.4 Å². The Hall–Kier alpha value is -3.33. The Balaban J connectivity index is 1.85. The van der Waals surface area contributed by atoms with Crippen LogP contribution in [-0.4, -0.2) is 44.1 Å². The molecule has 0 aliphatic carbocycles. The molecule has 0 bridgehead atoms. The van der Waals surface area contributed by atoms with Crippen LogP contribution in [-0.2, 0) is 23.8 Å². The maximum absolute atomic E-state index is 12.8. The van der Waals surface area contributed by atoms with E-state index in [1.807, 2.05) is 6.07 Å². The lowest BCUT2D eigenvalue weighted by molar-refractivity contribution is -0.155. The normalized spacial score (nSPS) is 19.7. The molecule has 3 rings (SSSR count). The Kier molecular flexibility index (Phi) is 7.98. The lowest BCUT2D eigenvalue weighted by Crippen LogP contribution is -2.35. The third-order valence-electron chi connectivity index (χ3n) is 5.18. The minimum absolute atomic E-state index is 0.126. The van der Waals surface area contributed by atoms with E-state index in [1.54, 1.807) is 63.2 Å². The molecule has 0 amide bonds. The molecule has 182 valence electrons. The molecule has 1 aliphatic heterocycles. The van der Waals surface area contributed by atoms with Crippen LogP contribution < -0.4 is 14.2 Å². The fourth-order valence-corrected chi connectivity index (χ4v) is 3.57. The molecule has 1 aliphatic rings. The molecule has 0 aromatic heterocycles. The number of para-hydroxylation sites is 1. The Labute approximate surface area is 204 Å². The van der Waals surface area contributed by atoms with Crippen molar-refractivity contribution >= 4 is 29.4 Å². The van der Waals surface area contributed by atoms with Crippen LogP contribution in [0.4, 0.5) is 0 Å². The predicted octanol–water partition coefficient (Wildman–Crippen LogP) is 4.26. The molecule has 34 heavy (non-hydrogen) atoms. The smallest absolute Gasteiger partial charge is 0.358 e. The zero-order valence-electron chi connectivity index (χ0n) is 19.7. The number of benzene rings is 2. The standard InChI is InChI=1S/C25H28O8S/c1-25(2,3)23(27)30-14-17-20(15-11-12-18(28-4)19(13-15)29-5)32-22(26)21(17)33-24(34)31-16-9-7-6-8-10-16/h6-13,17,20-21H,14H2,1-5H3/t17-,20+,21+/m1/s1. The van der Waals surface area contributed by atoms with Gasteiger partial charge in [-0.2, -0.15) is 0 Å². The summed E-state index contributed by atoms with van der Waals surface area (Å²) in [5.74, 6) is -0.291. The largest absolute Gasteiger partial charge is 0.493 e. The van der Waals surface area contributed by atoms with E-state index in [2.05, 4.69) is 0 Å². The average Bonchev–Trinajstić information content (AvgIpc) is 3.11. The van der Waals surface area contributed by atoms with Crippen molar-refractivity contribution in [2.24, 2.45) is 11.3 Å². The molecular weight excluding hydrogens is 460 g/mol. The molecule has 2 aromatic rings. The van der Waals surface area contributed by atoms with Gasteiger partial charge in [0.25, 0.3) is 0 Å². The number of rotatable bonds is 7. The van der Waals surface area contributed by atoms with Crippen molar-refractivity contribution in [2.75, 3.05) is 20.8 Å². The maximum atomic E-state index is 12.8. The highest BCUT2D eigenvalue weighted by Gasteiger charge is 2.49. The van der Waals surface area contributed by atoms with Crippen LogP contribution in [0.15, 0.2) is 48.5 Å². The van der Waals surface area contributed by atoms with E-state index >= 15 is 0 Å². The molecule has 9 heteroatoms. The van der Waals surface area contributed by atoms with Gasteiger partial charge in [0.1, 0.15) is 18.5 Å². The summed E-state index contributed by atoms with van der Waals surface area (Å²) in [6.45, 7) is 5.11. The SMILES string of the molecule is COc1ccc([C@@H]2OC(=O)[C@@H](OC(=S)Oc3ccccc3)[C@@H]2COC(=O)C(C)(C)C)cc1OC. The van der Waals surface area contributed by atoms with Gasteiger partial charge in [-0.15, -0.1) is 0 Å². The summed E-state index contributed by atoms with van der Waals surface area (Å²) in [4.78, 5) is 25.2. The maximum Gasteiger partial charge on any atom is 0.358 e. The third kappa shape index (κ3) is 5.96. The highest BCUT2D eigenvalue weighted by molar-refractivity contribution is 7.79. The molecule has 1 saturated heterocycles. The first-order valence-corrected chi connectivity index (χ1v) is 11.1. The van der Waals surface area contributed by atoms with Crippen molar-refractivity contribution in [3.63, 3.8) is 0 Å². The summed E-state index contributed by atoms with van der Waals surface area (Å²) < 4.78 is 33.1. The summed E-state index contributed by atoms with van der Waals surface area (Å²) in [5.41, 5.74) is -0.0894. The van der Waals surface area contributed by atoms with E-state index < -0.39 is 35.5 Å². The molecule has 1 heterocycles. The monoisotopic (exact) mass is 488 g/mol. The molecule has 0 radical (unpaired) electrons. The van der Waals surface area contributed by atoms with Crippen molar-refractivity contribution in [1.82, 2.24) is 0 Å². The topological polar surface area (TPSA) is 89.5 Å². The highest BCUT2D eigenvalue weighted by Crippen LogP contribution is 2.41. The van der Waals surface area contributed by atoms with Gasteiger partial charge in [-0.3, -0.25) is 4.79 Å². The van der Waals surface area contributed by atoms with Crippen LogP contribution in [0.3, 0.4) is 0 Å². The van der Waals surface area contributed by atoms with E-state index in [0.29, 0.717) is 22.8 Å². The molecule has 0 spiro atoms. The lowest BCUT2D eigenvalue weighted by Gasteiger charge is -2.24. The number of hydrogen-bond donors (Lipinski definition) is 0. The Morgan fingerprint density at radius 1 is 1.03 bits per heavy atom. The number of hydrogen-bond acceptors (Lipinski definition) is 9. The van der Waals surface area contributed by atoms with Crippen LogP contribution in [0.1, 0.15) is 32.4 Å². The zero-order chi connectivity index (χ0) is 24.9. The summed E-state index contributed by atoms with van der Waals surface area (Å²) in [7, 11) is 3.04. The van der Waals surface area contributed by atoms with Crippen molar-refractivity contribution in [1.29, 1.82) is 0 Å². The first-order chi connectivity index (χ1) is 16.1. The number of carbonyl (C=O) groups is 2. The first-order valence-electron chi connectivity index (χ1n) is 10.7. The Morgan fingerprint density at radius 2 is 1.71 bits per heavy atom. The van der Waals surface area contributed by atoms with Crippen molar-refractivity contribution in [3.05, 3.63) is 54.1 Å². The van der Waals surface area contributed by atoms with E-state index in [1.165, 1.54) is 14.2 Å². The van der Waals surface area contributed by atoms with E-state index in [4.69, 9.17) is 40.6 Å².